The number of hydrogen-bond acceptors (Lipinski definition) is 4. The largest absolute Gasteiger partial charge is 0.364 e. The van der Waals surface area contributed by atoms with Crippen molar-refractivity contribution in [2.45, 2.75) is 25.9 Å². The van der Waals surface area contributed by atoms with Crippen LogP contribution in [0.4, 0.5) is 10.1 Å². The van der Waals surface area contributed by atoms with Crippen LogP contribution < -0.4 is 10.2 Å². The summed E-state index contributed by atoms with van der Waals surface area (Å²) in [5, 5.41) is 3.07. The molecule has 1 aromatic rings. The van der Waals surface area contributed by atoms with E-state index in [2.05, 4.69) is 5.32 Å². The Labute approximate surface area is 119 Å². The van der Waals surface area contributed by atoms with E-state index in [1.165, 1.54) is 6.07 Å². The van der Waals surface area contributed by atoms with Gasteiger partial charge in [-0.2, -0.15) is 0 Å². The number of hydrogen-bond donors (Lipinski definition) is 1. The Bertz CT molecular complexity index is 589. The van der Waals surface area contributed by atoms with Gasteiger partial charge in [-0.25, -0.2) is 12.8 Å². The van der Waals surface area contributed by atoms with Crippen molar-refractivity contribution in [3.05, 3.63) is 29.6 Å². The van der Waals surface area contributed by atoms with Crippen LogP contribution >= 0.6 is 0 Å². The molecular formula is C14H21FN2O2S. The van der Waals surface area contributed by atoms with Crippen molar-refractivity contribution in [3.8, 4) is 0 Å². The van der Waals surface area contributed by atoms with E-state index in [0.717, 1.165) is 5.56 Å². The first kappa shape index (κ1) is 15.3. The lowest BCUT2D eigenvalue weighted by Crippen LogP contribution is -2.47. The molecule has 1 N–H and O–H groups in total. The topological polar surface area (TPSA) is 49.4 Å². The number of rotatable bonds is 3. The summed E-state index contributed by atoms with van der Waals surface area (Å²) in [6.07, 6.45) is 0. The van der Waals surface area contributed by atoms with Crippen molar-refractivity contribution in [3.63, 3.8) is 0 Å². The van der Waals surface area contributed by atoms with Crippen molar-refractivity contribution in [1.82, 2.24) is 5.32 Å². The quantitative estimate of drug-likeness (QED) is 0.923. The van der Waals surface area contributed by atoms with Crippen LogP contribution in [0.3, 0.4) is 0 Å². The molecule has 1 fully saturated rings. The molecule has 0 radical (unpaired) electrons. The summed E-state index contributed by atoms with van der Waals surface area (Å²) >= 11 is 0. The third-order valence-electron chi connectivity index (χ3n) is 3.88. The van der Waals surface area contributed by atoms with Gasteiger partial charge in [-0.1, -0.05) is 6.07 Å². The van der Waals surface area contributed by atoms with Crippen LogP contribution in [0.5, 0.6) is 0 Å². The molecule has 112 valence electrons. The highest BCUT2D eigenvalue weighted by Gasteiger charge is 2.29. The number of benzene rings is 1. The first-order valence-electron chi connectivity index (χ1n) is 6.78. The zero-order valence-electron chi connectivity index (χ0n) is 12.1. The van der Waals surface area contributed by atoms with Gasteiger partial charge in [0.2, 0.25) is 0 Å². The van der Waals surface area contributed by atoms with Crippen molar-refractivity contribution in [2.75, 3.05) is 30.0 Å². The molecule has 2 unspecified atom stereocenters. The smallest absolute Gasteiger partial charge is 0.154 e. The molecule has 6 heteroatoms. The minimum Gasteiger partial charge on any atom is -0.364 e. The first-order chi connectivity index (χ1) is 9.34. The van der Waals surface area contributed by atoms with Crippen molar-refractivity contribution in [1.29, 1.82) is 0 Å². The molecule has 4 nitrogen and oxygen atoms in total. The molecule has 1 aliphatic heterocycles. The third-order valence-corrected chi connectivity index (χ3v) is 5.68. The second kappa shape index (κ2) is 5.69. The first-order valence-corrected chi connectivity index (χ1v) is 8.60. The van der Waals surface area contributed by atoms with Crippen LogP contribution in [0, 0.1) is 5.82 Å². The van der Waals surface area contributed by atoms with E-state index in [1.807, 2.05) is 31.9 Å². The molecule has 1 aromatic carbocycles. The molecule has 1 heterocycles. The normalized spacial score (nSPS) is 23.6. The van der Waals surface area contributed by atoms with Gasteiger partial charge in [0.15, 0.2) is 9.84 Å². The Balaban J connectivity index is 2.26. The fraction of sp³-hybridized carbons (Fsp3) is 0.571. The summed E-state index contributed by atoms with van der Waals surface area (Å²) in [4.78, 5) is 1.84. The SMILES string of the molecule is CNC(C)c1ccc(N2CCS(=O)(=O)CC2C)c(F)c1. The van der Waals surface area contributed by atoms with Crippen LogP contribution in [0.1, 0.15) is 25.5 Å². The molecule has 0 bridgehead atoms. The Hall–Kier alpha value is -1.14. The zero-order chi connectivity index (χ0) is 14.9. The van der Waals surface area contributed by atoms with E-state index in [4.69, 9.17) is 0 Å². The average Bonchev–Trinajstić information content (AvgIpc) is 2.38. The zero-order valence-corrected chi connectivity index (χ0v) is 12.9. The number of sulfone groups is 1. The van der Waals surface area contributed by atoms with Crippen molar-refractivity contribution in [2.24, 2.45) is 0 Å². The van der Waals surface area contributed by atoms with Gasteiger partial charge in [0.1, 0.15) is 5.82 Å². The Morgan fingerprint density at radius 2 is 2.15 bits per heavy atom. The Morgan fingerprint density at radius 3 is 2.70 bits per heavy atom. The highest BCUT2D eigenvalue weighted by Crippen LogP contribution is 2.27. The van der Waals surface area contributed by atoms with Crippen LogP contribution in [-0.4, -0.2) is 39.6 Å². The van der Waals surface area contributed by atoms with E-state index in [-0.39, 0.29) is 29.4 Å². The van der Waals surface area contributed by atoms with Crippen molar-refractivity contribution >= 4 is 15.5 Å². The summed E-state index contributed by atoms with van der Waals surface area (Å²) in [6, 6.07) is 5.03. The molecule has 20 heavy (non-hydrogen) atoms. The molecule has 0 saturated carbocycles. The van der Waals surface area contributed by atoms with Gasteiger partial charge in [0.25, 0.3) is 0 Å². The maximum Gasteiger partial charge on any atom is 0.154 e. The van der Waals surface area contributed by atoms with Crippen molar-refractivity contribution < 1.29 is 12.8 Å². The summed E-state index contributed by atoms with van der Waals surface area (Å²) < 4.78 is 37.4. The van der Waals surface area contributed by atoms with E-state index in [9.17, 15) is 12.8 Å². The molecule has 0 spiro atoms. The predicted molar refractivity (Wildman–Crippen MR) is 79.3 cm³/mol. The van der Waals surface area contributed by atoms with E-state index < -0.39 is 9.84 Å². The molecule has 1 saturated heterocycles. The predicted octanol–water partition coefficient (Wildman–Crippen LogP) is 1.73. The Kier molecular flexibility index (Phi) is 4.34. The maximum atomic E-state index is 14.3. The molecular weight excluding hydrogens is 279 g/mol. The van der Waals surface area contributed by atoms with E-state index in [0.29, 0.717) is 12.2 Å². The average molecular weight is 300 g/mol. The van der Waals surface area contributed by atoms with E-state index in [1.54, 1.807) is 6.07 Å². The minimum atomic E-state index is -2.99. The Morgan fingerprint density at radius 1 is 1.45 bits per heavy atom. The highest BCUT2D eigenvalue weighted by molar-refractivity contribution is 7.91. The summed E-state index contributed by atoms with van der Waals surface area (Å²) in [6.45, 7) is 4.13. The number of nitrogens with one attached hydrogen (secondary N) is 1. The summed E-state index contributed by atoms with van der Waals surface area (Å²) in [5.74, 6) is -0.122. The van der Waals surface area contributed by atoms with Crippen LogP contribution in [0.2, 0.25) is 0 Å². The van der Waals surface area contributed by atoms with Gasteiger partial charge in [-0.3, -0.25) is 0 Å². The number of halogens is 1. The number of nitrogens with zero attached hydrogens (tertiary/aromatic N) is 1. The van der Waals surface area contributed by atoms with Gasteiger partial charge in [0, 0.05) is 18.6 Å². The lowest BCUT2D eigenvalue weighted by Gasteiger charge is -2.35. The standard InChI is InChI=1S/C14H21FN2O2S/c1-10-9-20(18,19)7-6-17(10)14-5-4-12(8-13(14)15)11(2)16-3/h4-5,8,10-11,16H,6-7,9H2,1-3H3. The van der Waals surface area contributed by atoms with Gasteiger partial charge >= 0.3 is 0 Å². The maximum absolute atomic E-state index is 14.3. The van der Waals surface area contributed by atoms with Crippen LogP contribution in [0.25, 0.3) is 0 Å². The molecule has 2 atom stereocenters. The van der Waals surface area contributed by atoms with Crippen LogP contribution in [-0.2, 0) is 9.84 Å². The van der Waals surface area contributed by atoms with Gasteiger partial charge in [-0.15, -0.1) is 0 Å². The molecule has 2 rings (SSSR count). The molecule has 0 aliphatic carbocycles. The second-order valence-electron chi connectivity index (χ2n) is 5.38. The number of anilines is 1. The summed E-state index contributed by atoms with van der Waals surface area (Å²) in [7, 11) is -1.16. The van der Waals surface area contributed by atoms with Gasteiger partial charge in [0.05, 0.1) is 17.2 Å². The van der Waals surface area contributed by atoms with Gasteiger partial charge < -0.3 is 10.2 Å². The molecule has 1 aliphatic rings. The summed E-state index contributed by atoms with van der Waals surface area (Å²) in [5.41, 5.74) is 1.37. The highest BCUT2D eigenvalue weighted by atomic mass is 32.2. The fourth-order valence-corrected chi connectivity index (χ4v) is 4.11. The molecule has 0 amide bonds. The molecule has 0 aromatic heterocycles. The second-order valence-corrected chi connectivity index (χ2v) is 7.61. The van der Waals surface area contributed by atoms with Crippen LogP contribution in [0.15, 0.2) is 18.2 Å². The van der Waals surface area contributed by atoms with E-state index >= 15 is 0 Å². The lowest BCUT2D eigenvalue weighted by molar-refractivity contribution is 0.557. The fourth-order valence-electron chi connectivity index (χ4n) is 2.55. The van der Waals surface area contributed by atoms with Gasteiger partial charge in [-0.05, 0) is 38.6 Å². The lowest BCUT2D eigenvalue weighted by atomic mass is 10.1. The minimum absolute atomic E-state index is 0.0812. The third kappa shape index (κ3) is 3.12. The monoisotopic (exact) mass is 300 g/mol.